The molecule has 2 heteroatoms. The minimum atomic E-state index is 0.888. The molecule has 0 saturated heterocycles. The van der Waals surface area contributed by atoms with Crippen LogP contribution < -0.4 is 0 Å². The molecular formula is C20H24N2. The Morgan fingerprint density at radius 1 is 0.682 bits per heavy atom. The number of hydrogen-bond donors (Lipinski definition) is 0. The zero-order valence-corrected chi connectivity index (χ0v) is 13.5. The smallest absolute Gasteiger partial charge is 0.0381 e. The predicted molar refractivity (Wildman–Crippen MR) is 96.0 cm³/mol. The van der Waals surface area contributed by atoms with Crippen LogP contribution in [0.1, 0.15) is 22.3 Å². The van der Waals surface area contributed by atoms with Gasteiger partial charge in [0.25, 0.3) is 0 Å². The molecule has 0 spiro atoms. The van der Waals surface area contributed by atoms with Crippen LogP contribution in [0.5, 0.6) is 0 Å². The molecule has 2 aromatic rings. The summed E-state index contributed by atoms with van der Waals surface area (Å²) in [4.78, 5) is 0. The molecule has 0 atom stereocenters. The Morgan fingerprint density at radius 2 is 1.00 bits per heavy atom. The molecule has 2 nitrogen and oxygen atoms in total. The molecule has 0 fully saturated rings. The van der Waals surface area contributed by atoms with Crippen LogP contribution in [0.3, 0.4) is 0 Å². The number of hydrazine groups is 1. The Bertz CT molecular complexity index is 554. The van der Waals surface area contributed by atoms with Crippen molar-refractivity contribution in [2.45, 2.75) is 13.1 Å². The normalized spacial score (nSPS) is 10.9. The van der Waals surface area contributed by atoms with Crippen molar-refractivity contribution in [3.8, 4) is 0 Å². The van der Waals surface area contributed by atoms with Crippen LogP contribution in [0.4, 0.5) is 0 Å². The summed E-state index contributed by atoms with van der Waals surface area (Å²) in [5.74, 6) is 0. The second-order valence-corrected chi connectivity index (χ2v) is 5.52. The zero-order valence-electron chi connectivity index (χ0n) is 13.5. The third kappa shape index (κ3) is 4.42. The highest BCUT2D eigenvalue weighted by Crippen LogP contribution is 2.12. The van der Waals surface area contributed by atoms with E-state index in [0.29, 0.717) is 0 Å². The molecule has 0 aromatic heterocycles. The van der Waals surface area contributed by atoms with Gasteiger partial charge in [-0.15, -0.1) is 0 Å². The van der Waals surface area contributed by atoms with E-state index in [2.05, 4.69) is 85.8 Å². The fourth-order valence-electron chi connectivity index (χ4n) is 2.29. The second kappa shape index (κ2) is 7.74. The maximum atomic E-state index is 3.78. The van der Waals surface area contributed by atoms with Crippen molar-refractivity contribution in [2.75, 3.05) is 14.1 Å². The summed E-state index contributed by atoms with van der Waals surface area (Å²) in [7, 11) is 4.22. The molecule has 0 amide bonds. The van der Waals surface area contributed by atoms with Crippen molar-refractivity contribution in [1.29, 1.82) is 0 Å². The maximum Gasteiger partial charge on any atom is 0.0381 e. The minimum Gasteiger partial charge on any atom is -0.240 e. The van der Waals surface area contributed by atoms with E-state index < -0.39 is 0 Å². The Labute approximate surface area is 134 Å². The summed E-state index contributed by atoms with van der Waals surface area (Å²) < 4.78 is 0. The molecule has 0 heterocycles. The number of benzene rings is 2. The van der Waals surface area contributed by atoms with Crippen molar-refractivity contribution in [2.24, 2.45) is 0 Å². The number of rotatable bonds is 7. The molecule has 0 aliphatic rings. The zero-order chi connectivity index (χ0) is 15.9. The van der Waals surface area contributed by atoms with Gasteiger partial charge in [-0.25, -0.2) is 10.0 Å². The summed E-state index contributed by atoms with van der Waals surface area (Å²) in [5.41, 5.74) is 4.90. The van der Waals surface area contributed by atoms with Crippen molar-refractivity contribution in [3.63, 3.8) is 0 Å². The van der Waals surface area contributed by atoms with Gasteiger partial charge in [0, 0.05) is 27.2 Å². The minimum absolute atomic E-state index is 0.888. The summed E-state index contributed by atoms with van der Waals surface area (Å²) in [6, 6.07) is 17.0. The molecule has 0 aliphatic heterocycles. The lowest BCUT2D eigenvalue weighted by atomic mass is 10.1. The van der Waals surface area contributed by atoms with E-state index in [1.54, 1.807) is 0 Å². The Hall–Kier alpha value is -2.16. The topological polar surface area (TPSA) is 6.48 Å². The van der Waals surface area contributed by atoms with E-state index in [9.17, 15) is 0 Å². The van der Waals surface area contributed by atoms with Gasteiger partial charge < -0.3 is 0 Å². The largest absolute Gasteiger partial charge is 0.240 e. The highest BCUT2D eigenvalue weighted by Gasteiger charge is 2.07. The van der Waals surface area contributed by atoms with Crippen molar-refractivity contribution in [3.05, 3.63) is 83.9 Å². The first kappa shape index (κ1) is 16.2. The lowest BCUT2D eigenvalue weighted by Gasteiger charge is -2.28. The van der Waals surface area contributed by atoms with Gasteiger partial charge in [-0.05, 0) is 22.3 Å². The Balaban J connectivity index is 1.93. The van der Waals surface area contributed by atoms with E-state index in [0.717, 1.165) is 24.2 Å². The molecular weight excluding hydrogens is 268 g/mol. The van der Waals surface area contributed by atoms with E-state index in [1.807, 2.05) is 12.2 Å². The number of nitrogens with zero attached hydrogens (tertiary/aromatic N) is 2. The first-order chi connectivity index (χ1) is 10.6. The van der Waals surface area contributed by atoms with E-state index >= 15 is 0 Å². The number of hydrogen-bond acceptors (Lipinski definition) is 2. The standard InChI is InChI=1S/C20H24N2/c1-5-17-7-11-19(12-8-17)15-21(3)22(4)16-20-13-9-18(6-2)10-14-20/h5-14H,1-2,15-16H2,3-4H3. The van der Waals surface area contributed by atoms with E-state index in [-0.39, 0.29) is 0 Å². The first-order valence-electron chi connectivity index (χ1n) is 7.47. The molecule has 0 saturated carbocycles. The molecule has 0 bridgehead atoms. The molecule has 114 valence electrons. The predicted octanol–water partition coefficient (Wildman–Crippen LogP) is 4.45. The fourth-order valence-corrected chi connectivity index (χ4v) is 2.29. The molecule has 2 rings (SSSR count). The van der Waals surface area contributed by atoms with Crippen molar-refractivity contribution < 1.29 is 0 Å². The van der Waals surface area contributed by atoms with E-state index in [1.165, 1.54) is 11.1 Å². The van der Waals surface area contributed by atoms with Crippen LogP contribution in [-0.2, 0) is 13.1 Å². The quantitative estimate of drug-likeness (QED) is 0.696. The van der Waals surface area contributed by atoms with Crippen molar-refractivity contribution in [1.82, 2.24) is 10.0 Å². The molecule has 0 radical (unpaired) electrons. The van der Waals surface area contributed by atoms with Crippen LogP contribution in [0.2, 0.25) is 0 Å². The van der Waals surface area contributed by atoms with Gasteiger partial charge in [0.15, 0.2) is 0 Å². The highest BCUT2D eigenvalue weighted by molar-refractivity contribution is 5.47. The summed E-state index contributed by atoms with van der Waals surface area (Å²) in [5, 5.41) is 4.45. The lowest BCUT2D eigenvalue weighted by molar-refractivity contribution is 0.0109. The van der Waals surface area contributed by atoms with Gasteiger partial charge in [0.05, 0.1) is 0 Å². The van der Waals surface area contributed by atoms with Gasteiger partial charge in [-0.3, -0.25) is 0 Å². The Morgan fingerprint density at radius 3 is 1.27 bits per heavy atom. The van der Waals surface area contributed by atoms with Gasteiger partial charge in [0.2, 0.25) is 0 Å². The van der Waals surface area contributed by atoms with Crippen LogP contribution in [0.15, 0.2) is 61.7 Å². The molecule has 0 aliphatic carbocycles. The highest BCUT2D eigenvalue weighted by atomic mass is 15.6. The third-order valence-corrected chi connectivity index (χ3v) is 3.84. The van der Waals surface area contributed by atoms with Crippen molar-refractivity contribution >= 4 is 12.2 Å². The average Bonchev–Trinajstić information content (AvgIpc) is 2.56. The van der Waals surface area contributed by atoms with Gasteiger partial charge >= 0.3 is 0 Å². The lowest BCUT2D eigenvalue weighted by Crippen LogP contribution is -2.35. The van der Waals surface area contributed by atoms with E-state index in [4.69, 9.17) is 0 Å². The van der Waals surface area contributed by atoms with Gasteiger partial charge in [0.1, 0.15) is 0 Å². The first-order valence-corrected chi connectivity index (χ1v) is 7.47. The average molecular weight is 292 g/mol. The van der Waals surface area contributed by atoms with Gasteiger partial charge in [-0.1, -0.05) is 73.8 Å². The fraction of sp³-hybridized carbons (Fsp3) is 0.200. The van der Waals surface area contributed by atoms with Crippen LogP contribution in [0, 0.1) is 0 Å². The van der Waals surface area contributed by atoms with Crippen LogP contribution in [-0.4, -0.2) is 24.1 Å². The van der Waals surface area contributed by atoms with Gasteiger partial charge in [-0.2, -0.15) is 0 Å². The molecule has 0 N–H and O–H groups in total. The summed E-state index contributed by atoms with van der Waals surface area (Å²) >= 11 is 0. The van der Waals surface area contributed by atoms with Crippen LogP contribution in [0.25, 0.3) is 12.2 Å². The molecule has 0 unspecified atom stereocenters. The monoisotopic (exact) mass is 292 g/mol. The molecule has 22 heavy (non-hydrogen) atoms. The molecule has 2 aromatic carbocycles. The summed E-state index contributed by atoms with van der Waals surface area (Å²) in [6.07, 6.45) is 3.74. The third-order valence-electron chi connectivity index (χ3n) is 3.84. The SMILES string of the molecule is C=Cc1ccc(CN(C)N(C)Cc2ccc(C=C)cc2)cc1. The Kier molecular flexibility index (Phi) is 5.70. The summed E-state index contributed by atoms with van der Waals surface area (Å²) in [6.45, 7) is 9.34. The maximum absolute atomic E-state index is 3.78. The van der Waals surface area contributed by atoms with Crippen LogP contribution >= 0.6 is 0 Å². The second-order valence-electron chi connectivity index (χ2n) is 5.52.